The fraction of sp³-hybridized carbons (Fsp3) is 0.538. The average molecular weight is 248 g/mol. The molecule has 0 bridgehead atoms. The van der Waals surface area contributed by atoms with Crippen LogP contribution in [0.4, 0.5) is 0 Å². The van der Waals surface area contributed by atoms with E-state index < -0.39 is 11.0 Å². The molecule has 0 radical (unpaired) electrons. The van der Waals surface area contributed by atoms with Crippen molar-refractivity contribution in [1.82, 2.24) is 5.32 Å². The Bertz CT molecular complexity index is 467. The van der Waals surface area contributed by atoms with Crippen LogP contribution in [0.5, 0.6) is 0 Å². The molecule has 5 nitrogen and oxygen atoms in total. The molecule has 5 heteroatoms. The number of rotatable bonds is 5. The minimum Gasteiger partial charge on any atom is -0.469 e. The zero-order valence-corrected chi connectivity index (χ0v) is 10.3. The fourth-order valence-corrected chi connectivity index (χ4v) is 1.81. The molecule has 2 rings (SSSR count). The van der Waals surface area contributed by atoms with E-state index in [1.54, 1.807) is 25.3 Å². The molecular formula is C13H16N2O3. The van der Waals surface area contributed by atoms with Gasteiger partial charge < -0.3 is 14.8 Å². The smallest absolute Gasteiger partial charge is 0.240 e. The number of aliphatic hydroxyl groups is 1. The summed E-state index contributed by atoms with van der Waals surface area (Å²) < 4.78 is 5.15. The molecule has 18 heavy (non-hydrogen) atoms. The molecule has 1 fully saturated rings. The zero-order valence-electron chi connectivity index (χ0n) is 10.3. The highest BCUT2D eigenvalue weighted by molar-refractivity contribution is 5.88. The number of nitrogens with one attached hydrogen (secondary N) is 1. The van der Waals surface area contributed by atoms with Crippen LogP contribution in [0.15, 0.2) is 22.8 Å². The number of nitriles is 1. The van der Waals surface area contributed by atoms with Crippen LogP contribution in [0.2, 0.25) is 0 Å². The van der Waals surface area contributed by atoms with Crippen LogP contribution < -0.4 is 5.32 Å². The number of carbonyl (C=O) groups excluding carboxylic acids is 1. The average Bonchev–Trinajstić information content (AvgIpc) is 2.98. The minimum absolute atomic E-state index is 0.107. The van der Waals surface area contributed by atoms with Crippen molar-refractivity contribution in [2.45, 2.75) is 31.8 Å². The summed E-state index contributed by atoms with van der Waals surface area (Å²) in [6.45, 7) is 1.73. The van der Waals surface area contributed by atoms with Crippen molar-refractivity contribution in [3.05, 3.63) is 24.2 Å². The van der Waals surface area contributed by atoms with Crippen LogP contribution in [0.1, 0.15) is 25.5 Å². The lowest BCUT2D eigenvalue weighted by Gasteiger charge is -2.23. The molecule has 1 saturated carbocycles. The van der Waals surface area contributed by atoms with Crippen molar-refractivity contribution in [3.8, 4) is 6.07 Å². The molecule has 1 unspecified atom stereocenters. The van der Waals surface area contributed by atoms with E-state index in [1.807, 2.05) is 6.07 Å². The monoisotopic (exact) mass is 248 g/mol. The Balaban J connectivity index is 1.86. The number of hydrogen-bond acceptors (Lipinski definition) is 4. The number of amides is 1. The minimum atomic E-state index is -1.08. The summed E-state index contributed by atoms with van der Waals surface area (Å²) in [5, 5.41) is 21.6. The number of furan rings is 1. The summed E-state index contributed by atoms with van der Waals surface area (Å²) in [6.07, 6.45) is 3.07. The van der Waals surface area contributed by atoms with Crippen molar-refractivity contribution >= 4 is 5.91 Å². The normalized spacial score (nSPS) is 19.6. The first-order chi connectivity index (χ1) is 8.47. The number of carbonyl (C=O) groups is 1. The van der Waals surface area contributed by atoms with E-state index >= 15 is 0 Å². The molecule has 1 aromatic heterocycles. The van der Waals surface area contributed by atoms with E-state index in [0.29, 0.717) is 25.0 Å². The van der Waals surface area contributed by atoms with Gasteiger partial charge in [0.05, 0.1) is 17.9 Å². The summed E-state index contributed by atoms with van der Waals surface area (Å²) in [6, 6.07) is 5.54. The standard InChI is InChI=1S/C13H16N2O3/c1-12(17,7-10-3-2-6-18-10)9-15-11(16)13(8-14)4-5-13/h2-3,6,17H,4-5,7,9H2,1H3,(H,15,16). The van der Waals surface area contributed by atoms with Crippen molar-refractivity contribution < 1.29 is 14.3 Å². The van der Waals surface area contributed by atoms with Gasteiger partial charge in [-0.05, 0) is 31.9 Å². The van der Waals surface area contributed by atoms with Crippen LogP contribution in [-0.2, 0) is 11.2 Å². The fourth-order valence-electron chi connectivity index (χ4n) is 1.81. The van der Waals surface area contributed by atoms with Gasteiger partial charge in [0.1, 0.15) is 11.2 Å². The topological polar surface area (TPSA) is 86.3 Å². The quantitative estimate of drug-likeness (QED) is 0.813. The summed E-state index contributed by atoms with van der Waals surface area (Å²) in [5.41, 5.74) is -1.93. The largest absolute Gasteiger partial charge is 0.469 e. The van der Waals surface area contributed by atoms with Gasteiger partial charge in [0.25, 0.3) is 0 Å². The first kappa shape index (κ1) is 12.7. The third-order valence-corrected chi connectivity index (χ3v) is 3.16. The van der Waals surface area contributed by atoms with Gasteiger partial charge in [-0.3, -0.25) is 4.79 Å². The molecule has 2 N–H and O–H groups in total. The van der Waals surface area contributed by atoms with Crippen LogP contribution in [-0.4, -0.2) is 23.2 Å². The van der Waals surface area contributed by atoms with Crippen molar-refractivity contribution in [2.24, 2.45) is 5.41 Å². The van der Waals surface area contributed by atoms with Crippen molar-refractivity contribution in [3.63, 3.8) is 0 Å². The first-order valence-corrected chi connectivity index (χ1v) is 5.92. The van der Waals surface area contributed by atoms with E-state index in [1.165, 1.54) is 0 Å². The first-order valence-electron chi connectivity index (χ1n) is 5.92. The SMILES string of the molecule is CC(O)(CNC(=O)C1(C#N)CC1)Cc1ccco1. The van der Waals surface area contributed by atoms with Crippen LogP contribution in [0.25, 0.3) is 0 Å². The zero-order chi connectivity index (χ0) is 13.2. The van der Waals surface area contributed by atoms with E-state index in [2.05, 4.69) is 5.32 Å². The summed E-state index contributed by atoms with van der Waals surface area (Å²) in [7, 11) is 0. The second kappa shape index (κ2) is 4.46. The Morgan fingerprint density at radius 2 is 2.44 bits per heavy atom. The van der Waals surface area contributed by atoms with E-state index in [9.17, 15) is 9.90 Å². The Morgan fingerprint density at radius 3 is 2.94 bits per heavy atom. The van der Waals surface area contributed by atoms with Crippen molar-refractivity contribution in [2.75, 3.05) is 6.54 Å². The Kier molecular flexibility index (Phi) is 3.14. The summed E-state index contributed by atoms with van der Waals surface area (Å²) >= 11 is 0. The van der Waals surface area contributed by atoms with Crippen LogP contribution >= 0.6 is 0 Å². The lowest BCUT2D eigenvalue weighted by atomic mass is 10.00. The lowest BCUT2D eigenvalue weighted by molar-refractivity contribution is -0.125. The molecule has 1 aromatic rings. The maximum absolute atomic E-state index is 11.7. The van der Waals surface area contributed by atoms with Gasteiger partial charge in [0.2, 0.25) is 5.91 Å². The van der Waals surface area contributed by atoms with E-state index in [4.69, 9.17) is 9.68 Å². The molecule has 0 aliphatic heterocycles. The Morgan fingerprint density at radius 1 is 1.72 bits per heavy atom. The maximum Gasteiger partial charge on any atom is 0.240 e. The highest BCUT2D eigenvalue weighted by Gasteiger charge is 2.50. The van der Waals surface area contributed by atoms with Gasteiger partial charge in [-0.2, -0.15) is 5.26 Å². The maximum atomic E-state index is 11.7. The molecule has 0 aromatic carbocycles. The van der Waals surface area contributed by atoms with Gasteiger partial charge in [0.15, 0.2) is 0 Å². The van der Waals surface area contributed by atoms with Gasteiger partial charge in [0, 0.05) is 13.0 Å². The molecule has 1 aliphatic rings. The molecule has 0 saturated heterocycles. The summed E-state index contributed by atoms with van der Waals surface area (Å²) in [4.78, 5) is 11.7. The van der Waals surface area contributed by atoms with E-state index in [0.717, 1.165) is 0 Å². The Hall–Kier alpha value is -1.80. The van der Waals surface area contributed by atoms with Gasteiger partial charge in [-0.25, -0.2) is 0 Å². The molecule has 1 amide bonds. The second-order valence-corrected chi connectivity index (χ2v) is 5.13. The highest BCUT2D eigenvalue weighted by Crippen LogP contribution is 2.44. The third kappa shape index (κ3) is 2.71. The van der Waals surface area contributed by atoms with Gasteiger partial charge in [-0.15, -0.1) is 0 Å². The van der Waals surface area contributed by atoms with E-state index in [-0.39, 0.29) is 12.5 Å². The predicted octanol–water partition coefficient (Wildman–Crippen LogP) is 0.993. The molecule has 96 valence electrons. The lowest BCUT2D eigenvalue weighted by Crippen LogP contribution is -2.44. The molecule has 1 atom stereocenters. The predicted molar refractivity (Wildman–Crippen MR) is 63.3 cm³/mol. The summed E-state index contributed by atoms with van der Waals surface area (Å²) in [5.74, 6) is 0.375. The molecule has 1 aliphatic carbocycles. The number of nitrogens with zero attached hydrogens (tertiary/aromatic N) is 1. The van der Waals surface area contributed by atoms with Gasteiger partial charge in [-0.1, -0.05) is 0 Å². The van der Waals surface area contributed by atoms with Crippen LogP contribution in [0.3, 0.4) is 0 Å². The number of hydrogen-bond donors (Lipinski definition) is 2. The Labute approximate surface area is 105 Å². The highest BCUT2D eigenvalue weighted by atomic mass is 16.3. The third-order valence-electron chi connectivity index (χ3n) is 3.16. The van der Waals surface area contributed by atoms with Crippen LogP contribution in [0, 0.1) is 16.7 Å². The molecule has 0 spiro atoms. The van der Waals surface area contributed by atoms with Crippen molar-refractivity contribution in [1.29, 1.82) is 5.26 Å². The molecular weight excluding hydrogens is 232 g/mol. The second-order valence-electron chi connectivity index (χ2n) is 5.13. The van der Waals surface area contributed by atoms with Gasteiger partial charge >= 0.3 is 0 Å². The molecule has 1 heterocycles.